The summed E-state index contributed by atoms with van der Waals surface area (Å²) in [5, 5.41) is 13.9. The highest BCUT2D eigenvalue weighted by Gasteiger charge is 2.13. The third-order valence-corrected chi connectivity index (χ3v) is 2.83. The van der Waals surface area contributed by atoms with Gasteiger partial charge in [0.2, 0.25) is 5.91 Å². The van der Waals surface area contributed by atoms with Crippen LogP contribution in [0.4, 0.5) is 5.69 Å². The van der Waals surface area contributed by atoms with E-state index in [1.807, 2.05) is 6.07 Å². The number of hydrogen-bond donors (Lipinski definition) is 3. The molecule has 0 aliphatic rings. The molecule has 0 aliphatic heterocycles. The van der Waals surface area contributed by atoms with Crippen LogP contribution in [0.3, 0.4) is 0 Å². The van der Waals surface area contributed by atoms with Gasteiger partial charge in [-0.25, -0.2) is 0 Å². The van der Waals surface area contributed by atoms with Gasteiger partial charge in [-0.05, 0) is 12.1 Å². The zero-order valence-corrected chi connectivity index (χ0v) is 10.3. The van der Waals surface area contributed by atoms with Crippen LogP contribution in [0, 0.1) is 12.3 Å². The zero-order chi connectivity index (χ0) is 13.8. The van der Waals surface area contributed by atoms with E-state index in [1.54, 1.807) is 30.3 Å². The number of aromatic hydroxyl groups is 1. The van der Waals surface area contributed by atoms with Crippen molar-refractivity contribution < 1.29 is 9.90 Å². The first kappa shape index (κ1) is 12.9. The predicted molar refractivity (Wildman–Crippen MR) is 75.7 cm³/mol. The molecule has 2 aromatic rings. The van der Waals surface area contributed by atoms with Crippen LogP contribution in [0.15, 0.2) is 36.4 Å². The molecule has 4 nitrogen and oxygen atoms in total. The molecule has 0 aromatic heterocycles. The van der Waals surface area contributed by atoms with Crippen LogP contribution in [0.2, 0.25) is 0 Å². The fourth-order valence-corrected chi connectivity index (χ4v) is 1.85. The molecule has 2 rings (SSSR count). The smallest absolute Gasteiger partial charge is 0.242 e. The Labute approximate surface area is 111 Å². The van der Waals surface area contributed by atoms with Crippen molar-refractivity contribution in [3.05, 3.63) is 36.4 Å². The van der Waals surface area contributed by atoms with Crippen molar-refractivity contribution in [3.63, 3.8) is 0 Å². The van der Waals surface area contributed by atoms with E-state index in [0.29, 0.717) is 11.1 Å². The maximum atomic E-state index is 11.8. The molecule has 96 valence electrons. The molecule has 1 unspecified atom stereocenters. The second-order valence-electron chi connectivity index (χ2n) is 4.18. The third-order valence-electron chi connectivity index (χ3n) is 2.83. The van der Waals surface area contributed by atoms with Gasteiger partial charge >= 0.3 is 0 Å². The van der Waals surface area contributed by atoms with Crippen molar-refractivity contribution in [1.29, 1.82) is 0 Å². The Kier molecular flexibility index (Phi) is 3.69. The van der Waals surface area contributed by atoms with Gasteiger partial charge in [-0.15, -0.1) is 12.3 Å². The molecule has 0 saturated heterocycles. The summed E-state index contributed by atoms with van der Waals surface area (Å²) < 4.78 is 0. The predicted octanol–water partition coefficient (Wildman–Crippen LogP) is 1.83. The average molecular weight is 254 g/mol. The summed E-state index contributed by atoms with van der Waals surface area (Å²) in [6, 6.07) is 9.68. The fourth-order valence-electron chi connectivity index (χ4n) is 1.85. The Morgan fingerprint density at radius 1 is 1.32 bits per heavy atom. The Hall–Kier alpha value is -2.51. The summed E-state index contributed by atoms with van der Waals surface area (Å²) in [5.74, 6) is 2.18. The lowest BCUT2D eigenvalue weighted by Gasteiger charge is -2.12. The number of phenols is 1. The number of anilines is 1. The highest BCUT2D eigenvalue weighted by atomic mass is 16.3. The van der Waals surface area contributed by atoms with Crippen molar-refractivity contribution in [2.75, 3.05) is 5.32 Å². The molecule has 2 aromatic carbocycles. The van der Waals surface area contributed by atoms with Gasteiger partial charge in [0.1, 0.15) is 5.75 Å². The summed E-state index contributed by atoms with van der Waals surface area (Å²) >= 11 is 0. The Morgan fingerprint density at radius 3 is 2.74 bits per heavy atom. The maximum absolute atomic E-state index is 11.8. The summed E-state index contributed by atoms with van der Waals surface area (Å²) in [6.45, 7) is 0. The first-order valence-corrected chi connectivity index (χ1v) is 5.84. The lowest BCUT2D eigenvalue weighted by molar-refractivity contribution is -0.117. The Balaban J connectivity index is 2.34. The van der Waals surface area contributed by atoms with Crippen LogP contribution < -0.4 is 11.1 Å². The fraction of sp³-hybridized carbons (Fsp3) is 0.133. The minimum absolute atomic E-state index is 0.168. The second-order valence-corrected chi connectivity index (χ2v) is 4.18. The molecule has 19 heavy (non-hydrogen) atoms. The molecule has 0 saturated carbocycles. The van der Waals surface area contributed by atoms with Gasteiger partial charge in [0.15, 0.2) is 0 Å². The van der Waals surface area contributed by atoms with E-state index < -0.39 is 6.04 Å². The molecule has 0 heterocycles. The zero-order valence-electron chi connectivity index (χ0n) is 10.3. The lowest BCUT2D eigenvalue weighted by Crippen LogP contribution is -2.35. The molecular weight excluding hydrogens is 240 g/mol. The van der Waals surface area contributed by atoms with E-state index in [1.165, 1.54) is 0 Å². The van der Waals surface area contributed by atoms with Gasteiger partial charge in [-0.2, -0.15) is 0 Å². The molecule has 0 aliphatic carbocycles. The highest BCUT2D eigenvalue weighted by Crippen LogP contribution is 2.29. The second kappa shape index (κ2) is 5.42. The summed E-state index contributed by atoms with van der Waals surface area (Å²) in [6.07, 6.45) is 5.31. The molecule has 0 fully saturated rings. The number of nitrogens with one attached hydrogen (secondary N) is 1. The first-order chi connectivity index (χ1) is 9.13. The van der Waals surface area contributed by atoms with E-state index in [0.717, 1.165) is 5.39 Å². The first-order valence-electron chi connectivity index (χ1n) is 5.84. The minimum Gasteiger partial charge on any atom is -0.507 e. The highest BCUT2D eigenvalue weighted by molar-refractivity contribution is 6.05. The van der Waals surface area contributed by atoms with Gasteiger partial charge in [0.25, 0.3) is 0 Å². The number of terminal acetylenes is 1. The Bertz CT molecular complexity index is 659. The lowest BCUT2D eigenvalue weighted by atomic mass is 10.1. The van der Waals surface area contributed by atoms with E-state index in [-0.39, 0.29) is 18.1 Å². The normalized spacial score (nSPS) is 11.8. The third kappa shape index (κ3) is 2.67. The number of rotatable bonds is 3. The molecule has 0 bridgehead atoms. The molecule has 4 N–H and O–H groups in total. The van der Waals surface area contributed by atoms with Gasteiger partial charge < -0.3 is 16.2 Å². The van der Waals surface area contributed by atoms with Crippen LogP contribution in [0.25, 0.3) is 10.8 Å². The van der Waals surface area contributed by atoms with E-state index >= 15 is 0 Å². The summed E-state index contributed by atoms with van der Waals surface area (Å²) in [4.78, 5) is 11.8. The quantitative estimate of drug-likeness (QED) is 0.731. The number of hydrogen-bond acceptors (Lipinski definition) is 3. The average Bonchev–Trinajstić information content (AvgIpc) is 2.40. The topological polar surface area (TPSA) is 75.4 Å². The number of carbonyl (C=O) groups excluding carboxylic acids is 1. The maximum Gasteiger partial charge on any atom is 0.242 e. The summed E-state index contributed by atoms with van der Waals surface area (Å²) in [7, 11) is 0. The van der Waals surface area contributed by atoms with Crippen LogP contribution in [0.1, 0.15) is 6.42 Å². The minimum atomic E-state index is -0.738. The van der Waals surface area contributed by atoms with Gasteiger partial charge in [0.05, 0.1) is 6.04 Å². The van der Waals surface area contributed by atoms with Crippen LogP contribution >= 0.6 is 0 Å². The van der Waals surface area contributed by atoms with E-state index in [9.17, 15) is 9.90 Å². The molecular formula is C15H14N2O2. The Morgan fingerprint density at radius 2 is 2.00 bits per heavy atom. The van der Waals surface area contributed by atoms with E-state index in [2.05, 4.69) is 11.2 Å². The number of fused-ring (bicyclic) bond motifs is 1. The molecule has 1 atom stereocenters. The van der Waals surface area contributed by atoms with Gasteiger partial charge in [-0.1, -0.05) is 24.3 Å². The number of amides is 1. The number of phenolic OH excluding ortho intramolecular Hbond substituents is 1. The molecule has 0 radical (unpaired) electrons. The monoisotopic (exact) mass is 254 g/mol. The number of benzene rings is 2. The van der Waals surface area contributed by atoms with Crippen LogP contribution in [-0.4, -0.2) is 17.1 Å². The van der Waals surface area contributed by atoms with E-state index in [4.69, 9.17) is 12.2 Å². The number of nitrogens with two attached hydrogens (primary N) is 1. The van der Waals surface area contributed by atoms with Crippen LogP contribution in [-0.2, 0) is 4.79 Å². The molecule has 1 amide bonds. The SMILES string of the molecule is C#CCC(N)C(=O)Nc1cccc2c(O)cccc12. The van der Waals surface area contributed by atoms with Crippen molar-refractivity contribution in [2.45, 2.75) is 12.5 Å². The number of carbonyl (C=O) groups is 1. The van der Waals surface area contributed by atoms with Crippen molar-refractivity contribution in [3.8, 4) is 18.1 Å². The molecule has 0 spiro atoms. The van der Waals surface area contributed by atoms with Crippen LogP contribution in [0.5, 0.6) is 5.75 Å². The van der Waals surface area contributed by atoms with Crippen molar-refractivity contribution in [1.82, 2.24) is 0 Å². The van der Waals surface area contributed by atoms with Crippen molar-refractivity contribution in [2.24, 2.45) is 5.73 Å². The standard InChI is InChI=1S/C15H14N2O2/c1-2-5-12(16)15(19)17-13-8-3-7-11-10(13)6-4-9-14(11)18/h1,3-4,6-9,12,18H,5,16H2,(H,17,19). The van der Waals surface area contributed by atoms with Gasteiger partial charge in [0, 0.05) is 22.9 Å². The largest absolute Gasteiger partial charge is 0.507 e. The van der Waals surface area contributed by atoms with Gasteiger partial charge in [-0.3, -0.25) is 4.79 Å². The molecule has 4 heteroatoms. The van der Waals surface area contributed by atoms with Crippen molar-refractivity contribution >= 4 is 22.4 Å². The summed E-state index contributed by atoms with van der Waals surface area (Å²) in [5.41, 5.74) is 6.25.